The molecule has 0 radical (unpaired) electrons. The topological polar surface area (TPSA) is 59.7 Å². The molecule has 0 amide bonds. The average Bonchev–Trinajstić information content (AvgIpc) is 2.80. The van der Waals surface area contributed by atoms with Gasteiger partial charge in [0.25, 0.3) is 0 Å². The van der Waals surface area contributed by atoms with Crippen LogP contribution < -0.4 is 4.74 Å². The summed E-state index contributed by atoms with van der Waals surface area (Å²) in [5.41, 5.74) is 1.20. The number of phenolic OH excluding ortho intramolecular Hbond substituents is 1. The van der Waals surface area contributed by atoms with E-state index in [4.69, 9.17) is 20.8 Å². The van der Waals surface area contributed by atoms with Crippen LogP contribution in [0.3, 0.4) is 0 Å². The lowest BCUT2D eigenvalue weighted by Crippen LogP contribution is -1.95. The summed E-state index contributed by atoms with van der Waals surface area (Å²) in [6, 6.07) is 4.90. The van der Waals surface area contributed by atoms with Crippen LogP contribution in [0, 0.1) is 13.8 Å². The van der Waals surface area contributed by atoms with Crippen molar-refractivity contribution >= 4 is 23.5 Å². The molecule has 116 valence electrons. The van der Waals surface area contributed by atoms with Crippen LogP contribution in [0.4, 0.5) is 0 Å². The quantitative estimate of drug-likeness (QED) is 0.648. The van der Waals surface area contributed by atoms with Gasteiger partial charge in [-0.15, -0.1) is 0 Å². The molecule has 0 aliphatic rings. The first-order chi connectivity index (χ1) is 10.4. The summed E-state index contributed by atoms with van der Waals surface area (Å²) in [5, 5.41) is 9.96. The third kappa shape index (κ3) is 3.52. The van der Waals surface area contributed by atoms with Crippen molar-refractivity contribution in [1.29, 1.82) is 0 Å². The smallest absolute Gasteiger partial charge is 0.189 e. The van der Waals surface area contributed by atoms with Gasteiger partial charge in [-0.2, -0.15) is 0 Å². The number of ether oxygens (including phenoxy) is 1. The molecule has 0 saturated heterocycles. The van der Waals surface area contributed by atoms with Gasteiger partial charge >= 0.3 is 0 Å². The maximum absolute atomic E-state index is 12.2. The van der Waals surface area contributed by atoms with Crippen LogP contribution in [-0.4, -0.2) is 17.5 Å². The van der Waals surface area contributed by atoms with E-state index in [-0.39, 0.29) is 22.3 Å². The van der Waals surface area contributed by atoms with Crippen LogP contribution in [0.1, 0.15) is 34.4 Å². The average molecular weight is 321 g/mol. The fourth-order valence-electron chi connectivity index (χ4n) is 2.09. The second kappa shape index (κ2) is 6.71. The lowest BCUT2D eigenvalue weighted by molar-refractivity contribution is 0.104. The zero-order valence-corrected chi connectivity index (χ0v) is 13.4. The minimum atomic E-state index is -0.156. The van der Waals surface area contributed by atoms with Gasteiger partial charge in [0.1, 0.15) is 11.5 Å². The predicted molar refractivity (Wildman–Crippen MR) is 85.8 cm³/mol. The van der Waals surface area contributed by atoms with Gasteiger partial charge in [0.15, 0.2) is 17.3 Å². The summed E-state index contributed by atoms with van der Waals surface area (Å²) in [4.78, 5) is 12.2. The number of phenols is 1. The molecule has 0 bridgehead atoms. The summed E-state index contributed by atoms with van der Waals surface area (Å²) in [6.45, 7) is 5.76. The largest absolute Gasteiger partial charge is 0.503 e. The molecule has 5 heteroatoms. The van der Waals surface area contributed by atoms with Gasteiger partial charge in [0, 0.05) is 0 Å². The second-order valence-electron chi connectivity index (χ2n) is 4.81. The first kappa shape index (κ1) is 16.2. The molecule has 0 aliphatic heterocycles. The van der Waals surface area contributed by atoms with Gasteiger partial charge in [-0.1, -0.05) is 17.7 Å². The number of allylic oxidation sites excluding steroid dienone is 1. The Hall–Kier alpha value is -2.20. The molecular weight excluding hydrogens is 304 g/mol. The minimum absolute atomic E-state index is 0.103. The van der Waals surface area contributed by atoms with E-state index in [2.05, 4.69) is 0 Å². The van der Waals surface area contributed by atoms with Crippen molar-refractivity contribution in [1.82, 2.24) is 0 Å². The molecule has 0 unspecified atom stereocenters. The standard InChI is InChI=1S/C17H17ClO4/c1-4-21-16-9-12(8-14(18)17(16)20)5-6-15(19)13-7-10(2)22-11(13)3/h5-9,20H,4H2,1-3H3/b6-5+. The lowest BCUT2D eigenvalue weighted by atomic mass is 10.1. The Balaban J connectivity index is 2.26. The molecular formula is C17H17ClO4. The van der Waals surface area contributed by atoms with Gasteiger partial charge in [-0.25, -0.2) is 0 Å². The molecule has 1 N–H and O–H groups in total. The Morgan fingerprint density at radius 1 is 1.36 bits per heavy atom. The highest BCUT2D eigenvalue weighted by molar-refractivity contribution is 6.32. The Kier molecular flexibility index (Phi) is 4.93. The van der Waals surface area contributed by atoms with E-state index in [0.29, 0.717) is 29.3 Å². The molecule has 1 heterocycles. The van der Waals surface area contributed by atoms with Crippen molar-refractivity contribution in [2.75, 3.05) is 6.61 Å². The molecule has 0 spiro atoms. The van der Waals surface area contributed by atoms with E-state index in [0.717, 1.165) is 0 Å². The third-order valence-electron chi connectivity index (χ3n) is 3.08. The molecule has 0 fully saturated rings. The Bertz CT molecular complexity index is 729. The van der Waals surface area contributed by atoms with Crippen LogP contribution in [0.2, 0.25) is 5.02 Å². The van der Waals surface area contributed by atoms with Crippen molar-refractivity contribution < 1.29 is 19.1 Å². The zero-order chi connectivity index (χ0) is 16.3. The molecule has 0 aliphatic carbocycles. The second-order valence-corrected chi connectivity index (χ2v) is 5.21. The van der Waals surface area contributed by atoms with Crippen LogP contribution >= 0.6 is 11.6 Å². The third-order valence-corrected chi connectivity index (χ3v) is 3.37. The number of carbonyl (C=O) groups excluding carboxylic acids is 1. The molecule has 1 aromatic heterocycles. The van der Waals surface area contributed by atoms with Crippen LogP contribution in [0.15, 0.2) is 28.7 Å². The Morgan fingerprint density at radius 3 is 2.68 bits per heavy atom. The highest BCUT2D eigenvalue weighted by Crippen LogP contribution is 2.35. The van der Waals surface area contributed by atoms with E-state index < -0.39 is 0 Å². The van der Waals surface area contributed by atoms with E-state index in [1.165, 1.54) is 6.08 Å². The van der Waals surface area contributed by atoms with Gasteiger partial charge in [-0.05, 0) is 50.6 Å². The number of ketones is 1. The van der Waals surface area contributed by atoms with Gasteiger partial charge in [-0.3, -0.25) is 4.79 Å². The number of hydrogen-bond donors (Lipinski definition) is 1. The summed E-state index contributed by atoms with van der Waals surface area (Å²) in [5.74, 6) is 1.31. The van der Waals surface area contributed by atoms with Crippen molar-refractivity contribution in [3.8, 4) is 11.5 Å². The zero-order valence-electron chi connectivity index (χ0n) is 12.6. The summed E-state index contributed by atoms with van der Waals surface area (Å²) < 4.78 is 10.6. The summed E-state index contributed by atoms with van der Waals surface area (Å²) in [6.07, 6.45) is 3.06. The SMILES string of the molecule is CCOc1cc(/C=C/C(=O)c2cc(C)oc2C)cc(Cl)c1O. The summed E-state index contributed by atoms with van der Waals surface area (Å²) in [7, 11) is 0. The minimum Gasteiger partial charge on any atom is -0.503 e. The number of hydrogen-bond acceptors (Lipinski definition) is 4. The molecule has 22 heavy (non-hydrogen) atoms. The van der Waals surface area contributed by atoms with E-state index in [1.807, 2.05) is 6.92 Å². The first-order valence-electron chi connectivity index (χ1n) is 6.87. The maximum atomic E-state index is 12.2. The van der Waals surface area contributed by atoms with Crippen LogP contribution in [0.5, 0.6) is 11.5 Å². The number of benzene rings is 1. The number of aromatic hydroxyl groups is 1. The highest BCUT2D eigenvalue weighted by Gasteiger charge is 2.12. The Morgan fingerprint density at radius 2 is 2.09 bits per heavy atom. The number of halogens is 1. The van der Waals surface area contributed by atoms with Crippen molar-refractivity contribution in [3.05, 3.63) is 51.9 Å². The van der Waals surface area contributed by atoms with E-state index in [1.54, 1.807) is 38.1 Å². The van der Waals surface area contributed by atoms with Gasteiger partial charge < -0.3 is 14.3 Å². The number of rotatable bonds is 5. The molecule has 1 aromatic carbocycles. The molecule has 4 nitrogen and oxygen atoms in total. The fraction of sp³-hybridized carbons (Fsp3) is 0.235. The fourth-order valence-corrected chi connectivity index (χ4v) is 2.31. The lowest BCUT2D eigenvalue weighted by Gasteiger charge is -2.08. The van der Waals surface area contributed by atoms with Crippen LogP contribution in [-0.2, 0) is 0 Å². The maximum Gasteiger partial charge on any atom is 0.189 e. The first-order valence-corrected chi connectivity index (χ1v) is 7.25. The molecule has 0 atom stereocenters. The number of furan rings is 1. The normalized spacial score (nSPS) is 11.1. The molecule has 2 aromatic rings. The van der Waals surface area contributed by atoms with Crippen molar-refractivity contribution in [2.45, 2.75) is 20.8 Å². The van der Waals surface area contributed by atoms with E-state index >= 15 is 0 Å². The number of aryl methyl sites for hydroxylation is 2. The van der Waals surface area contributed by atoms with Crippen LogP contribution in [0.25, 0.3) is 6.08 Å². The highest BCUT2D eigenvalue weighted by atomic mass is 35.5. The van der Waals surface area contributed by atoms with Crippen molar-refractivity contribution in [2.24, 2.45) is 0 Å². The van der Waals surface area contributed by atoms with Crippen molar-refractivity contribution in [3.63, 3.8) is 0 Å². The van der Waals surface area contributed by atoms with E-state index in [9.17, 15) is 9.90 Å². The summed E-state index contributed by atoms with van der Waals surface area (Å²) >= 11 is 5.95. The number of carbonyl (C=O) groups is 1. The van der Waals surface area contributed by atoms with Gasteiger partial charge in [0.2, 0.25) is 0 Å². The Labute approximate surface area is 134 Å². The predicted octanol–water partition coefficient (Wildman–Crippen LogP) is 4.55. The molecule has 2 rings (SSSR count). The van der Waals surface area contributed by atoms with Gasteiger partial charge in [0.05, 0.1) is 17.2 Å². The molecule has 0 saturated carbocycles. The monoisotopic (exact) mass is 320 g/mol.